The molecule has 25 heavy (non-hydrogen) atoms. The van der Waals surface area contributed by atoms with E-state index in [9.17, 15) is 9.59 Å². The molecule has 3 aromatic rings. The topological polar surface area (TPSA) is 94.7 Å². The molecule has 0 bridgehead atoms. The molecule has 3 heterocycles. The van der Waals surface area contributed by atoms with Crippen molar-refractivity contribution in [2.75, 3.05) is 0 Å². The number of pyridine rings is 2. The van der Waals surface area contributed by atoms with Crippen molar-refractivity contribution in [1.29, 1.82) is 0 Å². The van der Waals surface area contributed by atoms with E-state index in [0.717, 1.165) is 11.3 Å². The van der Waals surface area contributed by atoms with Crippen molar-refractivity contribution < 1.29 is 4.79 Å². The van der Waals surface area contributed by atoms with Gasteiger partial charge in [0.2, 0.25) is 0 Å². The first-order valence-electron chi connectivity index (χ1n) is 8.17. The van der Waals surface area contributed by atoms with Gasteiger partial charge in [-0.25, -0.2) is 4.98 Å². The summed E-state index contributed by atoms with van der Waals surface area (Å²) in [4.78, 5) is 34.1. The number of aromatic nitrogens is 4. The zero-order valence-electron chi connectivity index (χ0n) is 14.8. The maximum absolute atomic E-state index is 13.1. The van der Waals surface area contributed by atoms with E-state index in [1.807, 2.05) is 33.8 Å². The quantitative estimate of drug-likeness (QED) is 0.762. The number of carbonyl (C=O) groups is 1. The predicted molar refractivity (Wildman–Crippen MR) is 95.4 cm³/mol. The minimum absolute atomic E-state index is 0.0669. The summed E-state index contributed by atoms with van der Waals surface area (Å²) in [6, 6.07) is 3.53. The Labute approximate surface area is 145 Å². The van der Waals surface area contributed by atoms with Crippen LogP contribution in [0.2, 0.25) is 0 Å². The number of nitrogens with one attached hydrogen (secondary N) is 2. The van der Waals surface area contributed by atoms with Crippen molar-refractivity contribution in [3.8, 4) is 0 Å². The Kier molecular flexibility index (Phi) is 4.39. The summed E-state index contributed by atoms with van der Waals surface area (Å²) in [6.07, 6.45) is 3.17. The molecule has 7 nitrogen and oxygen atoms in total. The second-order valence-electron chi connectivity index (χ2n) is 6.46. The Balaban J connectivity index is 2.01. The van der Waals surface area contributed by atoms with Gasteiger partial charge in [0.25, 0.3) is 11.5 Å². The van der Waals surface area contributed by atoms with E-state index in [0.29, 0.717) is 22.2 Å². The molecule has 0 fully saturated rings. The average molecular weight is 339 g/mol. The molecule has 0 radical (unpaired) electrons. The maximum atomic E-state index is 13.1. The first kappa shape index (κ1) is 16.9. The lowest BCUT2D eigenvalue weighted by Gasteiger charge is -2.27. The number of fused-ring (bicyclic) bond motifs is 1. The lowest BCUT2D eigenvalue weighted by molar-refractivity contribution is 0.0691. The fourth-order valence-corrected chi connectivity index (χ4v) is 2.93. The molecule has 0 spiro atoms. The van der Waals surface area contributed by atoms with Crippen LogP contribution in [0.15, 0.2) is 29.3 Å². The highest BCUT2D eigenvalue weighted by Gasteiger charge is 2.23. The number of rotatable bonds is 4. The van der Waals surface area contributed by atoms with Crippen molar-refractivity contribution in [2.45, 2.75) is 40.3 Å². The first-order chi connectivity index (χ1) is 11.9. The van der Waals surface area contributed by atoms with E-state index in [-0.39, 0.29) is 24.1 Å². The van der Waals surface area contributed by atoms with Crippen molar-refractivity contribution in [2.24, 2.45) is 0 Å². The van der Waals surface area contributed by atoms with Gasteiger partial charge in [-0.3, -0.25) is 14.7 Å². The number of nitrogens with zero attached hydrogens (tertiary/aromatic N) is 3. The summed E-state index contributed by atoms with van der Waals surface area (Å²) in [6.45, 7) is 7.85. The molecule has 0 aliphatic heterocycles. The largest absolute Gasteiger partial charge is 0.332 e. The normalized spacial score (nSPS) is 11.2. The second-order valence-corrected chi connectivity index (χ2v) is 6.46. The van der Waals surface area contributed by atoms with Crippen LogP contribution in [0.25, 0.3) is 11.0 Å². The van der Waals surface area contributed by atoms with Gasteiger partial charge in [0.05, 0.1) is 23.7 Å². The molecule has 0 saturated carbocycles. The molecule has 2 N–H and O–H groups in total. The predicted octanol–water partition coefficient (Wildman–Crippen LogP) is 2.31. The first-order valence-corrected chi connectivity index (χ1v) is 8.17. The molecule has 3 aromatic heterocycles. The van der Waals surface area contributed by atoms with E-state index in [2.05, 4.69) is 20.2 Å². The Morgan fingerprint density at radius 1 is 1.32 bits per heavy atom. The minimum atomic E-state index is -0.154. The van der Waals surface area contributed by atoms with Crippen molar-refractivity contribution in [1.82, 2.24) is 25.1 Å². The molecular weight excluding hydrogens is 318 g/mol. The SMILES string of the molecule is Cc1cc(C)c(CN(C(=O)c2ccnc3[nH]ncc23)C(C)C)c(=O)[nH]1. The molecule has 0 aliphatic rings. The van der Waals surface area contributed by atoms with E-state index in [1.165, 1.54) is 0 Å². The van der Waals surface area contributed by atoms with Crippen molar-refractivity contribution in [3.05, 3.63) is 57.3 Å². The number of hydrogen-bond acceptors (Lipinski definition) is 4. The van der Waals surface area contributed by atoms with Gasteiger partial charge in [-0.05, 0) is 45.4 Å². The van der Waals surface area contributed by atoms with E-state index < -0.39 is 0 Å². The van der Waals surface area contributed by atoms with Crippen LogP contribution >= 0.6 is 0 Å². The number of aryl methyl sites for hydroxylation is 2. The van der Waals surface area contributed by atoms with Crippen LogP contribution in [0.4, 0.5) is 0 Å². The van der Waals surface area contributed by atoms with Crippen LogP contribution in [-0.4, -0.2) is 37.0 Å². The summed E-state index contributed by atoms with van der Waals surface area (Å²) in [7, 11) is 0. The summed E-state index contributed by atoms with van der Waals surface area (Å²) in [5.41, 5.74) is 3.22. The van der Waals surface area contributed by atoms with Crippen LogP contribution in [0.3, 0.4) is 0 Å². The molecule has 0 saturated heterocycles. The summed E-state index contributed by atoms with van der Waals surface area (Å²) in [5, 5.41) is 7.40. The summed E-state index contributed by atoms with van der Waals surface area (Å²) < 4.78 is 0. The molecule has 3 rings (SSSR count). The molecule has 7 heteroatoms. The number of amides is 1. The number of H-pyrrole nitrogens is 2. The molecule has 0 unspecified atom stereocenters. The lowest BCUT2D eigenvalue weighted by atomic mass is 10.1. The van der Waals surface area contributed by atoms with Gasteiger partial charge >= 0.3 is 0 Å². The van der Waals surface area contributed by atoms with Crippen LogP contribution in [0.1, 0.15) is 41.0 Å². The van der Waals surface area contributed by atoms with Gasteiger partial charge in [0, 0.05) is 23.5 Å². The third-order valence-electron chi connectivity index (χ3n) is 4.29. The zero-order chi connectivity index (χ0) is 18.1. The third-order valence-corrected chi connectivity index (χ3v) is 4.29. The highest BCUT2D eigenvalue weighted by Crippen LogP contribution is 2.19. The highest BCUT2D eigenvalue weighted by molar-refractivity contribution is 6.05. The van der Waals surface area contributed by atoms with E-state index in [1.54, 1.807) is 23.4 Å². The smallest absolute Gasteiger partial charge is 0.255 e. The van der Waals surface area contributed by atoms with Gasteiger partial charge in [-0.1, -0.05) is 0 Å². The lowest BCUT2D eigenvalue weighted by Crippen LogP contribution is -2.38. The number of carbonyl (C=O) groups excluding carboxylic acids is 1. The molecular formula is C18H21N5O2. The minimum Gasteiger partial charge on any atom is -0.332 e. The molecule has 0 aliphatic carbocycles. The van der Waals surface area contributed by atoms with Crippen LogP contribution < -0.4 is 5.56 Å². The van der Waals surface area contributed by atoms with Crippen LogP contribution in [0, 0.1) is 13.8 Å². The average Bonchev–Trinajstić information content (AvgIpc) is 3.01. The molecule has 0 atom stereocenters. The Morgan fingerprint density at radius 3 is 2.76 bits per heavy atom. The number of aromatic amines is 2. The van der Waals surface area contributed by atoms with Crippen molar-refractivity contribution >= 4 is 16.9 Å². The van der Waals surface area contributed by atoms with Gasteiger partial charge in [0.1, 0.15) is 0 Å². The Morgan fingerprint density at radius 2 is 2.08 bits per heavy atom. The Bertz CT molecular complexity index is 987. The Hall–Kier alpha value is -2.96. The molecule has 0 aromatic carbocycles. The highest BCUT2D eigenvalue weighted by atomic mass is 16.2. The standard InChI is InChI=1S/C18H21N5O2/c1-10(2)23(9-15-11(3)7-12(4)21-17(15)24)18(25)13-5-6-19-16-14(13)8-20-22-16/h5-8,10H,9H2,1-4H3,(H,21,24)(H,19,20,22). The van der Waals surface area contributed by atoms with E-state index >= 15 is 0 Å². The van der Waals surface area contributed by atoms with Gasteiger partial charge < -0.3 is 9.88 Å². The van der Waals surface area contributed by atoms with Crippen molar-refractivity contribution in [3.63, 3.8) is 0 Å². The monoisotopic (exact) mass is 339 g/mol. The molecule has 1 amide bonds. The fourth-order valence-electron chi connectivity index (χ4n) is 2.93. The molecule has 130 valence electrons. The van der Waals surface area contributed by atoms with Gasteiger partial charge in [0.15, 0.2) is 5.65 Å². The van der Waals surface area contributed by atoms with Gasteiger partial charge in [-0.15, -0.1) is 0 Å². The van der Waals surface area contributed by atoms with Gasteiger partial charge in [-0.2, -0.15) is 5.10 Å². The summed E-state index contributed by atoms with van der Waals surface area (Å²) in [5.74, 6) is -0.150. The fraction of sp³-hybridized carbons (Fsp3) is 0.333. The maximum Gasteiger partial charge on any atom is 0.255 e. The summed E-state index contributed by atoms with van der Waals surface area (Å²) >= 11 is 0. The van der Waals surface area contributed by atoms with Crippen LogP contribution in [-0.2, 0) is 6.54 Å². The third kappa shape index (κ3) is 3.17. The van der Waals surface area contributed by atoms with Crippen LogP contribution in [0.5, 0.6) is 0 Å². The second kappa shape index (κ2) is 6.51. The zero-order valence-corrected chi connectivity index (χ0v) is 14.8. The van der Waals surface area contributed by atoms with E-state index in [4.69, 9.17) is 0 Å². The number of hydrogen-bond donors (Lipinski definition) is 2.